The van der Waals surface area contributed by atoms with Gasteiger partial charge in [0.1, 0.15) is 0 Å². The number of ether oxygens (including phenoxy) is 2. The third-order valence-electron chi connectivity index (χ3n) is 4.94. The van der Waals surface area contributed by atoms with Gasteiger partial charge in [-0.2, -0.15) is 0 Å². The van der Waals surface area contributed by atoms with Crippen molar-refractivity contribution in [3.05, 3.63) is 23.9 Å². The number of amides is 1. The largest absolute Gasteiger partial charge is 0.478 e. The maximum absolute atomic E-state index is 13.0. The molecule has 0 spiro atoms. The molecule has 2 aliphatic rings. The van der Waals surface area contributed by atoms with E-state index in [0.29, 0.717) is 38.8 Å². The molecule has 0 bridgehead atoms. The van der Waals surface area contributed by atoms with E-state index >= 15 is 0 Å². The highest BCUT2D eigenvalue weighted by molar-refractivity contribution is 7.91. The van der Waals surface area contributed by atoms with Gasteiger partial charge in [-0.25, -0.2) is 13.4 Å². The smallest absolute Gasteiger partial charge is 0.228 e. The Balaban J connectivity index is 1.68. The predicted molar refractivity (Wildman–Crippen MR) is 100 cm³/mol. The number of pyridine rings is 1. The Labute approximate surface area is 160 Å². The summed E-state index contributed by atoms with van der Waals surface area (Å²) in [5.74, 6) is -0.301. The van der Waals surface area contributed by atoms with E-state index < -0.39 is 21.8 Å². The minimum absolute atomic E-state index is 0.0344. The summed E-state index contributed by atoms with van der Waals surface area (Å²) in [6.45, 7) is 6.19. The second kappa shape index (κ2) is 8.53. The normalized spacial score (nSPS) is 27.5. The standard InChI is InChI=1S/C18H27N3O5S/c1-3-26-17-6-4-5-14(20-17)9-19-16-12-27(23,24)11-15(16)18(22)21-7-8-25-10-13(21)2/h4-6,13,15-16,19H,3,7-12H2,1-2H3/t13-,15+,16+/m0/s1. The van der Waals surface area contributed by atoms with Crippen molar-refractivity contribution in [2.75, 3.05) is 37.9 Å². The zero-order chi connectivity index (χ0) is 19.4. The number of aromatic nitrogens is 1. The third-order valence-corrected chi connectivity index (χ3v) is 6.67. The molecule has 3 heterocycles. The van der Waals surface area contributed by atoms with Crippen LogP contribution < -0.4 is 10.1 Å². The first-order chi connectivity index (χ1) is 12.9. The Bertz CT molecular complexity index is 770. The van der Waals surface area contributed by atoms with Crippen LogP contribution in [0, 0.1) is 5.92 Å². The van der Waals surface area contributed by atoms with Crippen molar-refractivity contribution in [3.63, 3.8) is 0 Å². The fourth-order valence-electron chi connectivity index (χ4n) is 3.58. The van der Waals surface area contributed by atoms with Gasteiger partial charge in [-0.15, -0.1) is 0 Å². The van der Waals surface area contributed by atoms with Crippen LogP contribution in [0.4, 0.5) is 0 Å². The number of nitrogens with one attached hydrogen (secondary N) is 1. The third kappa shape index (κ3) is 4.97. The van der Waals surface area contributed by atoms with Crippen LogP contribution in [0.15, 0.2) is 18.2 Å². The summed E-state index contributed by atoms with van der Waals surface area (Å²) >= 11 is 0. The van der Waals surface area contributed by atoms with Crippen molar-refractivity contribution < 1.29 is 22.7 Å². The van der Waals surface area contributed by atoms with E-state index in [4.69, 9.17) is 9.47 Å². The Morgan fingerprint density at radius 2 is 2.22 bits per heavy atom. The number of sulfone groups is 1. The van der Waals surface area contributed by atoms with Crippen LogP contribution in [-0.4, -0.2) is 74.2 Å². The van der Waals surface area contributed by atoms with Crippen molar-refractivity contribution in [1.29, 1.82) is 0 Å². The average Bonchev–Trinajstić information content (AvgIpc) is 2.95. The number of nitrogens with zero attached hydrogens (tertiary/aromatic N) is 2. The highest BCUT2D eigenvalue weighted by Crippen LogP contribution is 2.24. The Kier molecular flexibility index (Phi) is 6.33. The molecule has 9 heteroatoms. The monoisotopic (exact) mass is 397 g/mol. The highest BCUT2D eigenvalue weighted by Gasteiger charge is 2.44. The Morgan fingerprint density at radius 1 is 1.41 bits per heavy atom. The van der Waals surface area contributed by atoms with E-state index in [1.165, 1.54) is 0 Å². The molecule has 1 aromatic heterocycles. The average molecular weight is 397 g/mol. The summed E-state index contributed by atoms with van der Waals surface area (Å²) in [7, 11) is -3.25. The van der Waals surface area contributed by atoms with E-state index in [9.17, 15) is 13.2 Å². The van der Waals surface area contributed by atoms with Gasteiger partial charge >= 0.3 is 0 Å². The maximum Gasteiger partial charge on any atom is 0.228 e. The Hall–Kier alpha value is -1.71. The Morgan fingerprint density at radius 3 is 2.96 bits per heavy atom. The van der Waals surface area contributed by atoms with Gasteiger partial charge < -0.3 is 19.7 Å². The van der Waals surface area contributed by atoms with Gasteiger partial charge in [0.25, 0.3) is 0 Å². The molecule has 1 N–H and O–H groups in total. The molecular weight excluding hydrogens is 370 g/mol. The molecule has 0 saturated carbocycles. The number of carbonyl (C=O) groups is 1. The van der Waals surface area contributed by atoms with Crippen LogP contribution in [0.3, 0.4) is 0 Å². The minimum atomic E-state index is -3.25. The lowest BCUT2D eigenvalue weighted by molar-refractivity contribution is -0.143. The molecule has 0 aromatic carbocycles. The van der Waals surface area contributed by atoms with E-state index in [2.05, 4.69) is 10.3 Å². The summed E-state index contributed by atoms with van der Waals surface area (Å²) in [4.78, 5) is 19.1. The quantitative estimate of drug-likeness (QED) is 0.734. The van der Waals surface area contributed by atoms with Crippen LogP contribution in [0.2, 0.25) is 0 Å². The molecule has 0 radical (unpaired) electrons. The zero-order valence-corrected chi connectivity index (χ0v) is 16.6. The van der Waals surface area contributed by atoms with Crippen LogP contribution in [0.5, 0.6) is 5.88 Å². The molecule has 3 rings (SSSR count). The summed E-state index contributed by atoms with van der Waals surface area (Å²) in [6.07, 6.45) is 0. The fraction of sp³-hybridized carbons (Fsp3) is 0.667. The molecule has 2 saturated heterocycles. The van der Waals surface area contributed by atoms with E-state index in [1.807, 2.05) is 26.0 Å². The summed E-state index contributed by atoms with van der Waals surface area (Å²) in [5, 5.41) is 3.23. The van der Waals surface area contributed by atoms with Gasteiger partial charge in [0.2, 0.25) is 11.8 Å². The van der Waals surface area contributed by atoms with Crippen LogP contribution in [-0.2, 0) is 25.9 Å². The predicted octanol–water partition coefficient (Wildman–Crippen LogP) is 0.230. The van der Waals surface area contributed by atoms with Crippen molar-refractivity contribution in [3.8, 4) is 5.88 Å². The first-order valence-electron chi connectivity index (χ1n) is 9.30. The SMILES string of the molecule is CCOc1cccc(CN[C@@H]2CS(=O)(=O)C[C@H]2C(=O)N2CCOC[C@@H]2C)n1. The number of carbonyl (C=O) groups excluding carboxylic acids is 1. The molecular formula is C18H27N3O5S. The molecule has 1 amide bonds. The van der Waals surface area contributed by atoms with E-state index in [-0.39, 0.29) is 23.5 Å². The number of morpholine rings is 1. The van der Waals surface area contributed by atoms with Gasteiger partial charge in [-0.3, -0.25) is 4.79 Å². The lowest BCUT2D eigenvalue weighted by Gasteiger charge is -2.36. The minimum Gasteiger partial charge on any atom is -0.478 e. The van der Waals surface area contributed by atoms with Gasteiger partial charge in [0, 0.05) is 25.2 Å². The fourth-order valence-corrected chi connectivity index (χ4v) is 5.54. The number of hydrogen-bond acceptors (Lipinski definition) is 7. The molecule has 27 heavy (non-hydrogen) atoms. The van der Waals surface area contributed by atoms with Crippen molar-refractivity contribution in [2.45, 2.75) is 32.5 Å². The second-order valence-corrected chi connectivity index (χ2v) is 9.18. The van der Waals surface area contributed by atoms with Gasteiger partial charge in [0.15, 0.2) is 9.84 Å². The number of hydrogen-bond donors (Lipinski definition) is 1. The lowest BCUT2D eigenvalue weighted by Crippen LogP contribution is -2.52. The van der Waals surface area contributed by atoms with Gasteiger partial charge in [0.05, 0.1) is 49.0 Å². The maximum atomic E-state index is 13.0. The first-order valence-corrected chi connectivity index (χ1v) is 11.1. The number of rotatable bonds is 6. The van der Waals surface area contributed by atoms with Crippen LogP contribution in [0.1, 0.15) is 19.5 Å². The van der Waals surface area contributed by atoms with Gasteiger partial charge in [-0.1, -0.05) is 6.07 Å². The topological polar surface area (TPSA) is 97.8 Å². The van der Waals surface area contributed by atoms with E-state index in [0.717, 1.165) is 5.69 Å². The van der Waals surface area contributed by atoms with Crippen LogP contribution in [0.25, 0.3) is 0 Å². The highest BCUT2D eigenvalue weighted by atomic mass is 32.2. The summed E-state index contributed by atoms with van der Waals surface area (Å²) < 4.78 is 35.2. The van der Waals surface area contributed by atoms with Crippen molar-refractivity contribution in [1.82, 2.24) is 15.2 Å². The lowest BCUT2D eigenvalue weighted by atomic mass is 10.0. The molecule has 8 nitrogen and oxygen atoms in total. The second-order valence-electron chi connectivity index (χ2n) is 7.03. The summed E-state index contributed by atoms with van der Waals surface area (Å²) in [6, 6.07) is 5.01. The molecule has 3 atom stereocenters. The van der Waals surface area contributed by atoms with Gasteiger partial charge in [-0.05, 0) is 19.9 Å². The molecule has 150 valence electrons. The molecule has 0 unspecified atom stereocenters. The van der Waals surface area contributed by atoms with Crippen LogP contribution >= 0.6 is 0 Å². The molecule has 1 aromatic rings. The van der Waals surface area contributed by atoms with Crippen molar-refractivity contribution in [2.24, 2.45) is 5.92 Å². The van der Waals surface area contributed by atoms with Crippen molar-refractivity contribution >= 4 is 15.7 Å². The first kappa shape index (κ1) is 20.0. The summed E-state index contributed by atoms with van der Waals surface area (Å²) in [5.41, 5.74) is 0.746. The van der Waals surface area contributed by atoms with E-state index in [1.54, 1.807) is 11.0 Å². The molecule has 2 fully saturated rings. The molecule has 0 aliphatic carbocycles. The molecule has 2 aliphatic heterocycles. The zero-order valence-electron chi connectivity index (χ0n) is 15.8.